The maximum absolute atomic E-state index is 13.0. The quantitative estimate of drug-likeness (QED) is 0.0178. The maximum Gasteiger partial charge on any atom is 0.306 e. The summed E-state index contributed by atoms with van der Waals surface area (Å²) in [5.41, 5.74) is 0. The summed E-state index contributed by atoms with van der Waals surface area (Å²) < 4.78 is 33.6. The molecule has 0 amide bonds. The van der Waals surface area contributed by atoms with Crippen LogP contribution < -0.4 is 0 Å². The Hall–Kier alpha value is -2.80. The van der Waals surface area contributed by atoms with Crippen molar-refractivity contribution >= 4 is 11.9 Å². The number of unbranched alkanes of at least 4 members (excludes halogenated alkanes) is 16. The van der Waals surface area contributed by atoms with Gasteiger partial charge in [0.1, 0.15) is 55.4 Å². The SMILES string of the molecule is CC/C=C/C/C=C/C/C=C/C/C=C/C/C=C/CCCCCC(=O)O[C@H](COC(=O)CCCCCCCCCCCCCCCC)CO[C@H]1O[C@@H](CO[C@H]2O[C@@H](CO)[C@@H](O)C(O)C2O)[C@@H](O)C(O)C1O. The zero-order valence-electron chi connectivity index (χ0n) is 42.0. The number of aliphatic hydroxyl groups is 7. The van der Waals surface area contributed by atoms with E-state index in [0.717, 1.165) is 70.6 Å². The predicted molar refractivity (Wildman–Crippen MR) is 266 cm³/mol. The van der Waals surface area contributed by atoms with Gasteiger partial charge in [-0.05, 0) is 57.8 Å². The normalized spacial score (nSPS) is 26.0. The van der Waals surface area contributed by atoms with Crippen LogP contribution in [0.1, 0.15) is 174 Å². The van der Waals surface area contributed by atoms with Gasteiger partial charge in [0.05, 0.1) is 19.8 Å². The Morgan fingerprint density at radius 2 is 0.913 bits per heavy atom. The number of rotatable bonds is 40. The lowest BCUT2D eigenvalue weighted by Crippen LogP contribution is -2.61. The summed E-state index contributed by atoms with van der Waals surface area (Å²) in [4.78, 5) is 25.8. The molecule has 0 aliphatic carbocycles. The fourth-order valence-corrected chi connectivity index (χ4v) is 7.95. The van der Waals surface area contributed by atoms with Gasteiger partial charge < -0.3 is 64.2 Å². The third kappa shape index (κ3) is 28.7. The van der Waals surface area contributed by atoms with Crippen LogP contribution in [0.15, 0.2) is 60.8 Å². The molecule has 2 aliphatic rings. The molecule has 15 heteroatoms. The Morgan fingerprint density at radius 3 is 1.43 bits per heavy atom. The Bertz CT molecular complexity index is 1430. The van der Waals surface area contributed by atoms with E-state index in [1.54, 1.807) is 0 Å². The molecule has 2 aliphatic heterocycles. The molecule has 0 aromatic rings. The van der Waals surface area contributed by atoms with Crippen molar-refractivity contribution in [2.45, 2.75) is 242 Å². The van der Waals surface area contributed by atoms with E-state index in [0.29, 0.717) is 12.8 Å². The zero-order chi connectivity index (χ0) is 50.3. The average molecular weight is 981 g/mol. The van der Waals surface area contributed by atoms with Crippen molar-refractivity contribution in [2.24, 2.45) is 0 Å². The molecule has 2 rings (SSSR count). The minimum atomic E-state index is -1.77. The maximum atomic E-state index is 13.0. The molecule has 2 saturated heterocycles. The monoisotopic (exact) mass is 981 g/mol. The lowest BCUT2D eigenvalue weighted by atomic mass is 9.98. The Labute approximate surface area is 413 Å². The highest BCUT2D eigenvalue weighted by molar-refractivity contribution is 5.70. The third-order valence-corrected chi connectivity index (χ3v) is 12.3. The van der Waals surface area contributed by atoms with Gasteiger partial charge in [-0.3, -0.25) is 9.59 Å². The first-order chi connectivity index (χ1) is 33.5. The number of aliphatic hydroxyl groups excluding tert-OH is 7. The molecule has 4 unspecified atom stereocenters. The standard InChI is InChI=1S/C54H92O15/c1-3-5-7-9-11-13-15-17-19-20-21-22-23-25-27-29-31-33-35-37-46(57)67-42(39-64-45(56)36-34-32-30-28-26-24-18-16-14-12-10-8-6-4-2)40-65-53-52(63)50(61)48(59)44(69-53)41-66-54-51(62)49(60)47(58)43(38-55)68-54/h5,7,11,13,17,19,21-22,25,27,42-44,47-55,58-63H,3-4,6,8-10,12,14-16,18,20,23-24,26,28-41H2,1-2H3/b7-5+,13-11+,19-17+,22-21+,27-25+/t42-,43+,44+,47-,48-,49?,50?,51?,52?,53+,54+/m1/s1. The summed E-state index contributed by atoms with van der Waals surface area (Å²) >= 11 is 0. The smallest absolute Gasteiger partial charge is 0.306 e. The van der Waals surface area contributed by atoms with Gasteiger partial charge in [-0.2, -0.15) is 0 Å². The molecule has 2 heterocycles. The molecular formula is C54H92O15. The molecule has 2 fully saturated rings. The van der Waals surface area contributed by atoms with Crippen molar-refractivity contribution in [1.29, 1.82) is 0 Å². The molecule has 0 bridgehead atoms. The Morgan fingerprint density at radius 1 is 0.478 bits per heavy atom. The fourth-order valence-electron chi connectivity index (χ4n) is 7.95. The van der Waals surface area contributed by atoms with Crippen LogP contribution in [0, 0.1) is 0 Å². The molecule has 69 heavy (non-hydrogen) atoms. The summed E-state index contributed by atoms with van der Waals surface area (Å²) in [6.07, 6.45) is 29.6. The summed E-state index contributed by atoms with van der Waals surface area (Å²) in [6.45, 7) is 2.44. The molecule has 0 aromatic heterocycles. The Balaban J connectivity index is 1.82. The van der Waals surface area contributed by atoms with Gasteiger partial charge in [0.15, 0.2) is 18.7 Å². The van der Waals surface area contributed by atoms with E-state index in [1.165, 1.54) is 64.2 Å². The summed E-state index contributed by atoms with van der Waals surface area (Å²) in [6, 6.07) is 0. The van der Waals surface area contributed by atoms with Crippen LogP contribution in [0.25, 0.3) is 0 Å². The molecule has 7 N–H and O–H groups in total. The minimum absolute atomic E-state index is 0.125. The van der Waals surface area contributed by atoms with Gasteiger partial charge in [0.25, 0.3) is 0 Å². The largest absolute Gasteiger partial charge is 0.462 e. The van der Waals surface area contributed by atoms with E-state index in [2.05, 4.69) is 74.6 Å². The van der Waals surface area contributed by atoms with Gasteiger partial charge >= 0.3 is 11.9 Å². The van der Waals surface area contributed by atoms with Crippen molar-refractivity contribution in [3.63, 3.8) is 0 Å². The summed E-state index contributed by atoms with van der Waals surface area (Å²) in [7, 11) is 0. The van der Waals surface area contributed by atoms with Crippen molar-refractivity contribution in [2.75, 3.05) is 26.4 Å². The van der Waals surface area contributed by atoms with Crippen molar-refractivity contribution in [1.82, 2.24) is 0 Å². The van der Waals surface area contributed by atoms with Crippen LogP contribution in [0.5, 0.6) is 0 Å². The van der Waals surface area contributed by atoms with E-state index < -0.39 is 99.3 Å². The first-order valence-electron chi connectivity index (χ1n) is 26.4. The molecular weight excluding hydrogens is 889 g/mol. The Kier molecular flexibility index (Phi) is 36.8. The number of carbonyl (C=O) groups is 2. The molecule has 398 valence electrons. The number of hydrogen-bond donors (Lipinski definition) is 7. The average Bonchev–Trinajstić information content (AvgIpc) is 3.34. The minimum Gasteiger partial charge on any atom is -0.462 e. The van der Waals surface area contributed by atoms with E-state index in [4.69, 9.17) is 28.4 Å². The number of esters is 2. The van der Waals surface area contributed by atoms with Crippen molar-refractivity contribution < 1.29 is 73.8 Å². The lowest BCUT2D eigenvalue weighted by Gasteiger charge is -2.42. The van der Waals surface area contributed by atoms with Crippen LogP contribution in [0.2, 0.25) is 0 Å². The van der Waals surface area contributed by atoms with Crippen molar-refractivity contribution in [3.05, 3.63) is 60.8 Å². The highest BCUT2D eigenvalue weighted by Gasteiger charge is 2.47. The summed E-state index contributed by atoms with van der Waals surface area (Å²) in [5.74, 6) is -0.962. The first-order valence-corrected chi connectivity index (χ1v) is 26.4. The van der Waals surface area contributed by atoms with Crippen molar-refractivity contribution in [3.8, 4) is 0 Å². The second kappa shape index (κ2) is 40.8. The second-order valence-corrected chi connectivity index (χ2v) is 18.3. The second-order valence-electron chi connectivity index (χ2n) is 18.3. The molecule has 0 spiro atoms. The van der Waals surface area contributed by atoms with Crippen LogP contribution in [-0.2, 0) is 38.0 Å². The van der Waals surface area contributed by atoms with E-state index in [1.807, 2.05) is 0 Å². The van der Waals surface area contributed by atoms with Gasteiger partial charge in [-0.1, -0.05) is 164 Å². The third-order valence-electron chi connectivity index (χ3n) is 12.3. The number of ether oxygens (including phenoxy) is 6. The van der Waals surface area contributed by atoms with E-state index in [9.17, 15) is 45.3 Å². The van der Waals surface area contributed by atoms with E-state index in [-0.39, 0.29) is 19.4 Å². The zero-order valence-corrected chi connectivity index (χ0v) is 42.0. The predicted octanol–water partition coefficient (Wildman–Crippen LogP) is 7.66. The highest BCUT2D eigenvalue weighted by atomic mass is 16.7. The molecule has 0 radical (unpaired) electrons. The van der Waals surface area contributed by atoms with Gasteiger partial charge in [-0.15, -0.1) is 0 Å². The van der Waals surface area contributed by atoms with Crippen LogP contribution >= 0.6 is 0 Å². The lowest BCUT2D eigenvalue weighted by molar-refractivity contribution is -0.332. The number of allylic oxidation sites excluding steroid dienone is 10. The molecule has 0 saturated carbocycles. The van der Waals surface area contributed by atoms with Crippen LogP contribution in [-0.4, -0.2) is 142 Å². The van der Waals surface area contributed by atoms with Gasteiger partial charge in [-0.25, -0.2) is 0 Å². The summed E-state index contributed by atoms with van der Waals surface area (Å²) in [5, 5.41) is 72.1. The number of carbonyl (C=O) groups excluding carboxylic acids is 2. The van der Waals surface area contributed by atoms with Crippen LogP contribution in [0.3, 0.4) is 0 Å². The number of hydrogen-bond acceptors (Lipinski definition) is 15. The van der Waals surface area contributed by atoms with Gasteiger partial charge in [0.2, 0.25) is 0 Å². The topological polar surface area (TPSA) is 231 Å². The molecule has 0 aromatic carbocycles. The highest BCUT2D eigenvalue weighted by Crippen LogP contribution is 2.26. The molecule has 15 nitrogen and oxygen atoms in total. The van der Waals surface area contributed by atoms with Gasteiger partial charge in [0, 0.05) is 12.8 Å². The molecule has 11 atom stereocenters. The fraction of sp³-hybridized carbons (Fsp3) is 0.778. The van der Waals surface area contributed by atoms with Crippen LogP contribution in [0.4, 0.5) is 0 Å². The van der Waals surface area contributed by atoms with E-state index >= 15 is 0 Å². The first kappa shape index (κ1) is 62.3.